The Balaban J connectivity index is 1.92. The minimum absolute atomic E-state index is 0.108. The number of carboxylic acid groups (broad SMARTS) is 1. The third-order valence-electron chi connectivity index (χ3n) is 4.35. The van der Waals surface area contributed by atoms with Gasteiger partial charge in [-0.15, -0.1) is 0 Å². The van der Waals surface area contributed by atoms with Gasteiger partial charge in [0.15, 0.2) is 5.15 Å². The summed E-state index contributed by atoms with van der Waals surface area (Å²) in [4.78, 5) is 35.1. The number of hydrogen-bond donors (Lipinski definition) is 1. The van der Waals surface area contributed by atoms with E-state index in [0.29, 0.717) is 17.9 Å². The van der Waals surface area contributed by atoms with Crippen molar-refractivity contribution in [1.82, 2.24) is 24.2 Å². The number of nitrogens with zero attached hydrogens (tertiary/aromatic N) is 5. The van der Waals surface area contributed by atoms with Crippen LogP contribution in [0.25, 0.3) is 5.52 Å². The molecule has 0 spiro atoms. The maximum atomic E-state index is 12.5. The van der Waals surface area contributed by atoms with Gasteiger partial charge < -0.3 is 14.7 Å². The number of piperazine rings is 1. The van der Waals surface area contributed by atoms with Gasteiger partial charge >= 0.3 is 12.2 Å². The van der Waals surface area contributed by atoms with Crippen LogP contribution < -0.4 is 0 Å². The molecular formula is C16H20ClN5O4. The third kappa shape index (κ3) is 3.52. The Kier molecular flexibility index (Phi) is 5.46. The van der Waals surface area contributed by atoms with Crippen molar-refractivity contribution >= 4 is 29.3 Å². The number of imidazole rings is 1. The number of fused-ring (bicyclic) bond motifs is 1. The first-order valence-electron chi connectivity index (χ1n) is 8.41. The Bertz CT molecular complexity index is 811. The summed E-state index contributed by atoms with van der Waals surface area (Å²) in [6.45, 7) is 2.91. The number of ether oxygens (including phenoxy) is 1. The van der Waals surface area contributed by atoms with Crippen molar-refractivity contribution in [1.29, 1.82) is 0 Å². The smallest absolute Gasteiger partial charge is 0.410 e. The van der Waals surface area contributed by atoms with Gasteiger partial charge in [-0.05, 0) is 6.42 Å². The lowest BCUT2D eigenvalue weighted by atomic mass is 10.1. The summed E-state index contributed by atoms with van der Waals surface area (Å²) >= 11 is 6.09. The fourth-order valence-corrected chi connectivity index (χ4v) is 3.14. The Morgan fingerprint density at radius 3 is 2.92 bits per heavy atom. The molecule has 0 bridgehead atoms. The van der Waals surface area contributed by atoms with Crippen LogP contribution in [0.15, 0.2) is 18.6 Å². The molecule has 10 heteroatoms. The molecule has 9 nitrogen and oxygen atoms in total. The van der Waals surface area contributed by atoms with E-state index in [0.717, 1.165) is 12.8 Å². The fourth-order valence-electron chi connectivity index (χ4n) is 2.95. The maximum absolute atomic E-state index is 12.5. The second-order valence-corrected chi connectivity index (χ2v) is 6.35. The topological polar surface area (TPSA) is 100 Å². The van der Waals surface area contributed by atoms with Crippen LogP contribution in [0, 0.1) is 0 Å². The molecule has 3 heterocycles. The zero-order chi connectivity index (χ0) is 18.7. The SMILES string of the molecule is CCCCOC(=O)N1CCN(C(=O)O)CC1c1ncc2c(Cl)nccn12. The van der Waals surface area contributed by atoms with Gasteiger partial charge in [0.2, 0.25) is 0 Å². The van der Waals surface area contributed by atoms with Crippen molar-refractivity contribution in [3.63, 3.8) is 0 Å². The highest BCUT2D eigenvalue weighted by atomic mass is 35.5. The largest absolute Gasteiger partial charge is 0.465 e. The maximum Gasteiger partial charge on any atom is 0.410 e. The fraction of sp³-hybridized carbons (Fsp3) is 0.500. The van der Waals surface area contributed by atoms with E-state index < -0.39 is 18.2 Å². The molecule has 2 aromatic rings. The van der Waals surface area contributed by atoms with Gasteiger partial charge in [0.25, 0.3) is 0 Å². The highest BCUT2D eigenvalue weighted by Gasteiger charge is 2.36. The molecule has 0 radical (unpaired) electrons. The zero-order valence-corrected chi connectivity index (χ0v) is 15.1. The Labute approximate surface area is 155 Å². The summed E-state index contributed by atoms with van der Waals surface area (Å²) in [5.74, 6) is 0.516. The highest BCUT2D eigenvalue weighted by molar-refractivity contribution is 6.32. The number of rotatable bonds is 4. The molecule has 1 aliphatic rings. The molecular weight excluding hydrogens is 362 g/mol. The molecule has 2 aromatic heterocycles. The van der Waals surface area contributed by atoms with E-state index >= 15 is 0 Å². The second kappa shape index (κ2) is 7.77. The molecule has 0 aromatic carbocycles. The van der Waals surface area contributed by atoms with Crippen molar-refractivity contribution in [2.24, 2.45) is 0 Å². The van der Waals surface area contributed by atoms with Crippen molar-refractivity contribution < 1.29 is 19.4 Å². The summed E-state index contributed by atoms with van der Waals surface area (Å²) in [7, 11) is 0. The normalized spacial score (nSPS) is 17.5. The first kappa shape index (κ1) is 18.2. The summed E-state index contributed by atoms with van der Waals surface area (Å²) in [6, 6.07) is -0.574. The number of unbranched alkanes of at least 4 members (excludes halogenated alkanes) is 1. The van der Waals surface area contributed by atoms with E-state index in [1.54, 1.807) is 16.8 Å². The lowest BCUT2D eigenvalue weighted by Gasteiger charge is -2.38. The van der Waals surface area contributed by atoms with E-state index in [9.17, 15) is 14.7 Å². The second-order valence-electron chi connectivity index (χ2n) is 6.00. The van der Waals surface area contributed by atoms with E-state index in [1.165, 1.54) is 16.0 Å². The number of carbonyl (C=O) groups excluding carboxylic acids is 1. The van der Waals surface area contributed by atoms with Gasteiger partial charge in [0, 0.05) is 25.5 Å². The molecule has 1 fully saturated rings. The van der Waals surface area contributed by atoms with Crippen LogP contribution in [0.5, 0.6) is 0 Å². The molecule has 1 atom stereocenters. The Morgan fingerprint density at radius 2 is 2.19 bits per heavy atom. The van der Waals surface area contributed by atoms with Gasteiger partial charge in [0.1, 0.15) is 17.4 Å². The lowest BCUT2D eigenvalue weighted by molar-refractivity contribution is 0.0426. The minimum atomic E-state index is -1.03. The van der Waals surface area contributed by atoms with Crippen LogP contribution in [0.2, 0.25) is 5.15 Å². The Morgan fingerprint density at radius 1 is 1.38 bits per heavy atom. The van der Waals surface area contributed by atoms with Crippen molar-refractivity contribution in [2.75, 3.05) is 26.2 Å². The average molecular weight is 382 g/mol. The quantitative estimate of drug-likeness (QED) is 0.817. The third-order valence-corrected chi connectivity index (χ3v) is 4.64. The summed E-state index contributed by atoms with van der Waals surface area (Å²) in [6.07, 6.45) is 4.97. The summed E-state index contributed by atoms with van der Waals surface area (Å²) in [5, 5.41) is 9.63. The van der Waals surface area contributed by atoms with E-state index in [2.05, 4.69) is 9.97 Å². The van der Waals surface area contributed by atoms with Crippen LogP contribution in [0.4, 0.5) is 9.59 Å². The molecule has 1 N–H and O–H groups in total. The predicted octanol–water partition coefficient (Wildman–Crippen LogP) is 2.66. The van der Waals surface area contributed by atoms with Crippen LogP contribution >= 0.6 is 11.6 Å². The van der Waals surface area contributed by atoms with Gasteiger partial charge in [-0.2, -0.15) is 0 Å². The van der Waals surface area contributed by atoms with E-state index in [4.69, 9.17) is 16.3 Å². The van der Waals surface area contributed by atoms with E-state index in [-0.39, 0.29) is 24.8 Å². The van der Waals surface area contributed by atoms with Crippen LogP contribution in [-0.2, 0) is 4.74 Å². The zero-order valence-electron chi connectivity index (χ0n) is 14.3. The van der Waals surface area contributed by atoms with Gasteiger partial charge in [0.05, 0.1) is 19.3 Å². The molecule has 2 amide bonds. The highest BCUT2D eigenvalue weighted by Crippen LogP contribution is 2.27. The van der Waals surface area contributed by atoms with E-state index in [1.807, 2.05) is 6.92 Å². The molecule has 1 unspecified atom stereocenters. The predicted molar refractivity (Wildman–Crippen MR) is 93.3 cm³/mol. The molecule has 0 saturated carbocycles. The monoisotopic (exact) mass is 381 g/mol. The lowest BCUT2D eigenvalue weighted by Crippen LogP contribution is -2.52. The molecule has 3 rings (SSSR count). The number of carbonyl (C=O) groups is 2. The minimum Gasteiger partial charge on any atom is -0.465 e. The van der Waals surface area contributed by atoms with Crippen LogP contribution in [0.1, 0.15) is 31.6 Å². The molecule has 1 saturated heterocycles. The molecule has 1 aliphatic heterocycles. The molecule has 0 aliphatic carbocycles. The Hall–Kier alpha value is -2.55. The first-order valence-corrected chi connectivity index (χ1v) is 8.79. The van der Waals surface area contributed by atoms with Gasteiger partial charge in [-0.1, -0.05) is 24.9 Å². The first-order chi connectivity index (χ1) is 12.5. The molecule has 26 heavy (non-hydrogen) atoms. The average Bonchev–Trinajstić information content (AvgIpc) is 3.06. The number of amides is 2. The molecule has 140 valence electrons. The number of aromatic nitrogens is 3. The van der Waals surface area contributed by atoms with Crippen molar-refractivity contribution in [3.05, 3.63) is 29.6 Å². The standard InChI is InChI=1S/C16H20ClN5O4/c1-2-3-8-26-16(25)22-7-6-20(15(23)24)10-12(22)14-19-9-11-13(17)18-4-5-21(11)14/h4-5,9,12H,2-3,6-8,10H2,1H3,(H,23,24). The number of halogens is 1. The van der Waals surface area contributed by atoms with Crippen LogP contribution in [0.3, 0.4) is 0 Å². The van der Waals surface area contributed by atoms with Crippen molar-refractivity contribution in [3.8, 4) is 0 Å². The summed E-state index contributed by atoms with van der Waals surface area (Å²) < 4.78 is 7.05. The number of hydrogen-bond acceptors (Lipinski definition) is 5. The summed E-state index contributed by atoms with van der Waals surface area (Å²) in [5.41, 5.74) is 0.593. The van der Waals surface area contributed by atoms with Gasteiger partial charge in [-0.3, -0.25) is 9.30 Å². The van der Waals surface area contributed by atoms with Gasteiger partial charge in [-0.25, -0.2) is 19.6 Å². The van der Waals surface area contributed by atoms with Crippen LogP contribution in [-0.4, -0.2) is 67.7 Å². The van der Waals surface area contributed by atoms with Crippen molar-refractivity contribution in [2.45, 2.75) is 25.8 Å².